The third-order valence-electron chi connectivity index (χ3n) is 4.11. The van der Waals surface area contributed by atoms with Crippen molar-refractivity contribution in [3.63, 3.8) is 0 Å². The highest BCUT2D eigenvalue weighted by Crippen LogP contribution is 2.26. The smallest absolute Gasteiger partial charge is 0.271 e. The summed E-state index contributed by atoms with van der Waals surface area (Å²) in [6.07, 6.45) is 4.77. The molecule has 0 radical (unpaired) electrons. The van der Waals surface area contributed by atoms with Gasteiger partial charge in [0.15, 0.2) is 5.82 Å². The Hall–Kier alpha value is -3.77. The van der Waals surface area contributed by atoms with Crippen molar-refractivity contribution in [3.05, 3.63) is 72.1 Å². The second-order valence-corrected chi connectivity index (χ2v) is 9.61. The van der Waals surface area contributed by atoms with Crippen molar-refractivity contribution < 1.29 is 17.9 Å². The van der Waals surface area contributed by atoms with Gasteiger partial charge in [0.2, 0.25) is 11.8 Å². The topological polar surface area (TPSA) is 128 Å². The number of hydrogen-bond donors (Lipinski definition) is 2. The number of nitrogens with zero attached hydrogens (tertiary/aromatic N) is 4. The normalized spacial score (nSPS) is 11.2. The van der Waals surface area contributed by atoms with Gasteiger partial charge in [-0.15, -0.1) is 11.3 Å². The minimum atomic E-state index is -3.75. The molecule has 0 unspecified atom stereocenters. The van der Waals surface area contributed by atoms with Crippen molar-refractivity contribution in [2.24, 2.45) is 0 Å². The summed E-state index contributed by atoms with van der Waals surface area (Å²) in [4.78, 5) is 20.0. The van der Waals surface area contributed by atoms with Gasteiger partial charge in [0, 0.05) is 35.9 Å². The number of aromatic nitrogens is 4. The number of nitrogens with one attached hydrogen (secondary N) is 2. The van der Waals surface area contributed by atoms with Crippen LogP contribution in [0.2, 0.25) is 0 Å². The molecule has 2 N–H and O–H groups in total. The summed E-state index contributed by atoms with van der Waals surface area (Å²) in [6.45, 7) is 1.69. The Kier molecular flexibility index (Phi) is 6.14. The van der Waals surface area contributed by atoms with Crippen LogP contribution in [0.25, 0.3) is 5.82 Å². The van der Waals surface area contributed by atoms with Crippen LogP contribution in [0.3, 0.4) is 0 Å². The molecule has 4 aromatic rings. The molecule has 0 atom stereocenters. The third kappa shape index (κ3) is 5.28. The predicted octanol–water partition coefficient (Wildman–Crippen LogP) is 2.95. The second-order valence-electron chi connectivity index (χ2n) is 6.53. The van der Waals surface area contributed by atoms with Crippen LogP contribution >= 0.6 is 11.3 Å². The fourth-order valence-corrected chi connectivity index (χ4v) is 5.00. The van der Waals surface area contributed by atoms with E-state index in [-0.39, 0.29) is 16.7 Å². The second kappa shape index (κ2) is 9.16. The largest absolute Gasteiger partial charge is 0.439 e. The van der Waals surface area contributed by atoms with E-state index in [1.54, 1.807) is 59.5 Å². The van der Waals surface area contributed by atoms with E-state index in [0.717, 1.165) is 16.2 Å². The molecule has 4 rings (SSSR count). The average molecular weight is 471 g/mol. The lowest BCUT2D eigenvalue weighted by Gasteiger charge is -2.09. The number of carbonyl (C=O) groups excluding carboxylic acids is 1. The van der Waals surface area contributed by atoms with Gasteiger partial charge in [-0.25, -0.2) is 23.1 Å². The number of ether oxygens (including phenoxy) is 1. The molecule has 0 saturated carbocycles. The van der Waals surface area contributed by atoms with Gasteiger partial charge in [0.25, 0.3) is 10.0 Å². The fourth-order valence-electron chi connectivity index (χ4n) is 2.64. The zero-order valence-electron chi connectivity index (χ0n) is 16.8. The molecule has 0 aliphatic heterocycles. The number of benzene rings is 1. The molecule has 0 fully saturated rings. The zero-order chi connectivity index (χ0) is 22.6. The van der Waals surface area contributed by atoms with Gasteiger partial charge in [0.05, 0.1) is 6.54 Å². The molecule has 1 aromatic carbocycles. The van der Waals surface area contributed by atoms with Crippen LogP contribution in [0.5, 0.6) is 11.6 Å². The van der Waals surface area contributed by atoms with Crippen molar-refractivity contribution >= 4 is 33.0 Å². The molecule has 0 saturated heterocycles. The number of amides is 1. The summed E-state index contributed by atoms with van der Waals surface area (Å²) in [5.41, 5.74) is 0.383. The summed E-state index contributed by atoms with van der Waals surface area (Å²) in [6, 6.07) is 13.0. The van der Waals surface area contributed by atoms with E-state index >= 15 is 0 Å². The summed E-state index contributed by atoms with van der Waals surface area (Å²) >= 11 is 1.09. The lowest BCUT2D eigenvalue weighted by Crippen LogP contribution is -2.18. The fraction of sp³-hybridized carbons (Fsp3) is 0.100. The maximum absolute atomic E-state index is 12.6. The first-order valence-corrected chi connectivity index (χ1v) is 11.6. The van der Waals surface area contributed by atoms with E-state index < -0.39 is 10.0 Å². The maximum atomic E-state index is 12.6. The predicted molar refractivity (Wildman–Crippen MR) is 118 cm³/mol. The van der Waals surface area contributed by atoms with E-state index in [9.17, 15) is 13.2 Å². The van der Waals surface area contributed by atoms with E-state index in [0.29, 0.717) is 23.1 Å². The van der Waals surface area contributed by atoms with Gasteiger partial charge in [-0.3, -0.25) is 9.52 Å². The number of carbonyl (C=O) groups is 1. The molecule has 0 bridgehead atoms. The Bertz CT molecular complexity index is 1320. The highest BCUT2D eigenvalue weighted by atomic mass is 32.2. The van der Waals surface area contributed by atoms with E-state index in [1.807, 2.05) is 0 Å². The van der Waals surface area contributed by atoms with Crippen LogP contribution in [0.15, 0.2) is 71.5 Å². The molecule has 10 nitrogen and oxygen atoms in total. The van der Waals surface area contributed by atoms with Gasteiger partial charge in [0.1, 0.15) is 16.3 Å². The molecule has 164 valence electrons. The zero-order valence-corrected chi connectivity index (χ0v) is 18.4. The highest BCUT2D eigenvalue weighted by molar-refractivity contribution is 7.94. The molecule has 3 aromatic heterocycles. The Morgan fingerprint density at radius 1 is 1.16 bits per heavy atom. The number of hydrogen-bond acceptors (Lipinski definition) is 8. The SMILES string of the molecule is CC(=O)NCc1ccc(S(=O)(=O)Nc2ccc(Oc3cc(-n4cccn4)ncn3)cc2)s1. The van der Waals surface area contributed by atoms with Gasteiger partial charge < -0.3 is 10.1 Å². The molecular formula is C20H18N6O4S2. The molecule has 1 amide bonds. The molecule has 3 heterocycles. The number of anilines is 1. The van der Waals surface area contributed by atoms with Crippen LogP contribution in [0.4, 0.5) is 5.69 Å². The maximum Gasteiger partial charge on any atom is 0.271 e. The van der Waals surface area contributed by atoms with Crippen molar-refractivity contribution in [2.45, 2.75) is 17.7 Å². The standard InChI is InChI=1S/C20H18N6O4S2/c1-14(27)21-12-17-7-8-20(31-17)32(28,29)25-15-3-5-16(6-4-15)30-19-11-18(22-13-23-19)26-10-2-9-24-26/h2-11,13,25H,12H2,1H3,(H,21,27). The van der Waals surface area contributed by atoms with Gasteiger partial charge in [-0.05, 0) is 42.5 Å². The van der Waals surface area contributed by atoms with Crippen molar-refractivity contribution in [1.82, 2.24) is 25.1 Å². The summed E-state index contributed by atoms with van der Waals surface area (Å²) in [5, 5.41) is 6.76. The van der Waals surface area contributed by atoms with Crippen molar-refractivity contribution in [2.75, 3.05) is 4.72 Å². The summed E-state index contributed by atoms with van der Waals surface area (Å²) in [5.74, 6) is 1.18. The molecule has 12 heteroatoms. The first kappa shape index (κ1) is 21.5. The average Bonchev–Trinajstić information content (AvgIpc) is 3.46. The lowest BCUT2D eigenvalue weighted by molar-refractivity contribution is -0.119. The van der Waals surface area contributed by atoms with Crippen LogP contribution in [0.1, 0.15) is 11.8 Å². The van der Waals surface area contributed by atoms with Gasteiger partial charge in [-0.1, -0.05) is 0 Å². The molecule has 0 aliphatic rings. The van der Waals surface area contributed by atoms with Crippen molar-refractivity contribution in [3.8, 4) is 17.4 Å². The molecular weight excluding hydrogens is 452 g/mol. The number of thiophene rings is 1. The quantitative estimate of drug-likeness (QED) is 0.405. The van der Waals surface area contributed by atoms with Crippen LogP contribution in [-0.4, -0.2) is 34.1 Å². The summed E-state index contributed by atoms with van der Waals surface area (Å²) < 4.78 is 35.3. The first-order chi connectivity index (χ1) is 15.4. The van der Waals surface area contributed by atoms with Crippen LogP contribution in [-0.2, 0) is 21.4 Å². The van der Waals surface area contributed by atoms with E-state index in [4.69, 9.17) is 4.74 Å². The Morgan fingerprint density at radius 3 is 2.69 bits per heavy atom. The summed E-state index contributed by atoms with van der Waals surface area (Å²) in [7, 11) is -3.75. The monoisotopic (exact) mass is 470 g/mol. The first-order valence-electron chi connectivity index (χ1n) is 9.35. The van der Waals surface area contributed by atoms with Crippen molar-refractivity contribution in [1.29, 1.82) is 0 Å². The Labute approximate surface area is 188 Å². The Balaban J connectivity index is 1.42. The van der Waals surface area contributed by atoms with Gasteiger partial charge in [-0.2, -0.15) is 5.10 Å². The number of rotatable bonds is 8. The van der Waals surface area contributed by atoms with E-state index in [1.165, 1.54) is 19.3 Å². The van der Waals surface area contributed by atoms with Crippen LogP contribution in [0, 0.1) is 0 Å². The Morgan fingerprint density at radius 2 is 1.97 bits per heavy atom. The lowest BCUT2D eigenvalue weighted by atomic mass is 10.3. The molecule has 0 aliphatic carbocycles. The highest BCUT2D eigenvalue weighted by Gasteiger charge is 2.17. The number of sulfonamides is 1. The molecule has 32 heavy (non-hydrogen) atoms. The van der Waals surface area contributed by atoms with Gasteiger partial charge >= 0.3 is 0 Å². The van der Waals surface area contributed by atoms with E-state index in [2.05, 4.69) is 25.1 Å². The van der Waals surface area contributed by atoms with Crippen LogP contribution < -0.4 is 14.8 Å². The molecule has 0 spiro atoms. The minimum Gasteiger partial charge on any atom is -0.439 e. The minimum absolute atomic E-state index is 0.158. The third-order valence-corrected chi connectivity index (χ3v) is 7.07.